The van der Waals surface area contributed by atoms with E-state index in [0.29, 0.717) is 6.04 Å². The third-order valence-electron chi connectivity index (χ3n) is 3.93. The van der Waals surface area contributed by atoms with Gasteiger partial charge in [-0.25, -0.2) is 4.98 Å². The van der Waals surface area contributed by atoms with Gasteiger partial charge in [0, 0.05) is 32.2 Å². The number of aryl methyl sites for hydroxylation is 1. The molecule has 1 N–H and O–H groups in total. The standard InChI is InChI=1S/C17H27N3O/c1-4-20-16-11-7-6-10-15(16)19-17(20)13-14(18-3)9-8-12-21-5-2/h6-7,10-11,14,18H,4-5,8-9,12-13H2,1-3H3. The van der Waals surface area contributed by atoms with E-state index in [0.717, 1.165) is 44.5 Å². The van der Waals surface area contributed by atoms with Crippen LogP contribution in [0.3, 0.4) is 0 Å². The summed E-state index contributed by atoms with van der Waals surface area (Å²) in [6.45, 7) is 6.83. The van der Waals surface area contributed by atoms with Crippen LogP contribution in [0.4, 0.5) is 0 Å². The lowest BCUT2D eigenvalue weighted by molar-refractivity contribution is 0.141. The number of benzene rings is 1. The second-order valence-corrected chi connectivity index (χ2v) is 5.29. The van der Waals surface area contributed by atoms with Crippen LogP contribution in [0.25, 0.3) is 11.0 Å². The molecule has 1 heterocycles. The fourth-order valence-corrected chi connectivity index (χ4v) is 2.78. The van der Waals surface area contributed by atoms with Crippen LogP contribution in [0.1, 0.15) is 32.5 Å². The molecule has 1 aromatic carbocycles. The fraction of sp³-hybridized carbons (Fsp3) is 0.588. The number of aromatic nitrogens is 2. The van der Waals surface area contributed by atoms with E-state index in [1.165, 1.54) is 11.3 Å². The SMILES string of the molecule is CCOCCCC(Cc1nc2ccccc2n1CC)NC. The Labute approximate surface area is 127 Å². The van der Waals surface area contributed by atoms with Gasteiger partial charge in [-0.3, -0.25) is 0 Å². The zero-order chi connectivity index (χ0) is 15.1. The predicted octanol–water partition coefficient (Wildman–Crippen LogP) is 3.00. The Kier molecular flexibility index (Phi) is 6.21. The molecule has 4 nitrogen and oxygen atoms in total. The van der Waals surface area contributed by atoms with Crippen LogP contribution < -0.4 is 5.32 Å². The van der Waals surface area contributed by atoms with Crippen molar-refractivity contribution in [2.24, 2.45) is 0 Å². The molecular weight excluding hydrogens is 262 g/mol. The Morgan fingerprint density at radius 1 is 1.29 bits per heavy atom. The Hall–Kier alpha value is -1.39. The largest absolute Gasteiger partial charge is 0.382 e. The van der Waals surface area contributed by atoms with Crippen LogP contribution in [0.15, 0.2) is 24.3 Å². The number of hydrogen-bond acceptors (Lipinski definition) is 3. The molecule has 0 fully saturated rings. The van der Waals surface area contributed by atoms with Crippen LogP contribution in [-0.2, 0) is 17.7 Å². The second kappa shape index (κ2) is 8.15. The molecule has 0 aliphatic heterocycles. The number of likely N-dealkylation sites (N-methyl/N-ethyl adjacent to an activating group) is 1. The van der Waals surface area contributed by atoms with Crippen molar-refractivity contribution >= 4 is 11.0 Å². The minimum atomic E-state index is 0.451. The summed E-state index contributed by atoms with van der Waals surface area (Å²) in [4.78, 5) is 4.81. The zero-order valence-corrected chi connectivity index (χ0v) is 13.4. The molecule has 0 aliphatic carbocycles. The van der Waals surface area contributed by atoms with E-state index >= 15 is 0 Å². The molecule has 1 atom stereocenters. The van der Waals surface area contributed by atoms with Crippen LogP contribution in [0, 0.1) is 0 Å². The first kappa shape index (κ1) is 16.0. The Morgan fingerprint density at radius 3 is 2.81 bits per heavy atom. The lowest BCUT2D eigenvalue weighted by Gasteiger charge is -2.16. The minimum absolute atomic E-state index is 0.451. The van der Waals surface area contributed by atoms with Gasteiger partial charge in [0.2, 0.25) is 0 Å². The van der Waals surface area contributed by atoms with Gasteiger partial charge in [0.1, 0.15) is 5.82 Å². The summed E-state index contributed by atoms with van der Waals surface area (Å²) in [5.41, 5.74) is 2.33. The molecule has 0 amide bonds. The molecular formula is C17H27N3O. The van der Waals surface area contributed by atoms with Gasteiger partial charge < -0.3 is 14.6 Å². The molecule has 1 aromatic heterocycles. The van der Waals surface area contributed by atoms with Crippen molar-refractivity contribution in [3.63, 3.8) is 0 Å². The molecule has 2 rings (SSSR count). The monoisotopic (exact) mass is 289 g/mol. The van der Waals surface area contributed by atoms with Crippen LogP contribution >= 0.6 is 0 Å². The third kappa shape index (κ3) is 4.05. The van der Waals surface area contributed by atoms with Crippen molar-refractivity contribution in [3.05, 3.63) is 30.1 Å². The highest BCUT2D eigenvalue weighted by molar-refractivity contribution is 5.75. The molecule has 2 aromatic rings. The third-order valence-corrected chi connectivity index (χ3v) is 3.93. The molecule has 0 bridgehead atoms. The smallest absolute Gasteiger partial charge is 0.111 e. The second-order valence-electron chi connectivity index (χ2n) is 5.29. The van der Waals surface area contributed by atoms with Gasteiger partial charge >= 0.3 is 0 Å². The average molecular weight is 289 g/mol. The lowest BCUT2D eigenvalue weighted by Crippen LogP contribution is -2.29. The number of nitrogens with zero attached hydrogens (tertiary/aromatic N) is 2. The van der Waals surface area contributed by atoms with Crippen molar-refractivity contribution in [2.75, 3.05) is 20.3 Å². The first-order valence-electron chi connectivity index (χ1n) is 7.99. The highest BCUT2D eigenvalue weighted by Gasteiger charge is 2.14. The Bertz CT molecular complexity index is 550. The number of nitrogens with one attached hydrogen (secondary N) is 1. The number of rotatable bonds is 9. The first-order chi connectivity index (χ1) is 10.3. The van der Waals surface area contributed by atoms with Gasteiger partial charge in [0.25, 0.3) is 0 Å². The van der Waals surface area contributed by atoms with Crippen molar-refractivity contribution in [3.8, 4) is 0 Å². The number of hydrogen-bond donors (Lipinski definition) is 1. The van der Waals surface area contributed by atoms with E-state index in [2.05, 4.69) is 41.1 Å². The number of ether oxygens (including phenoxy) is 1. The summed E-state index contributed by atoms with van der Waals surface area (Å²) in [6, 6.07) is 8.83. The van der Waals surface area contributed by atoms with Crippen LogP contribution in [0.5, 0.6) is 0 Å². The Morgan fingerprint density at radius 2 is 2.10 bits per heavy atom. The summed E-state index contributed by atoms with van der Waals surface area (Å²) in [6.07, 6.45) is 3.17. The summed E-state index contributed by atoms with van der Waals surface area (Å²) < 4.78 is 7.74. The van der Waals surface area contributed by atoms with E-state index < -0.39 is 0 Å². The van der Waals surface area contributed by atoms with E-state index in [-0.39, 0.29) is 0 Å². The zero-order valence-electron chi connectivity index (χ0n) is 13.4. The molecule has 116 valence electrons. The molecule has 21 heavy (non-hydrogen) atoms. The van der Waals surface area contributed by atoms with Gasteiger partial charge in [-0.2, -0.15) is 0 Å². The highest BCUT2D eigenvalue weighted by atomic mass is 16.5. The first-order valence-corrected chi connectivity index (χ1v) is 7.99. The Balaban J connectivity index is 2.06. The van der Waals surface area contributed by atoms with Gasteiger partial charge in [-0.05, 0) is 45.9 Å². The topological polar surface area (TPSA) is 39.1 Å². The molecule has 0 saturated carbocycles. The highest BCUT2D eigenvalue weighted by Crippen LogP contribution is 2.17. The molecule has 4 heteroatoms. The minimum Gasteiger partial charge on any atom is -0.382 e. The maximum absolute atomic E-state index is 5.42. The lowest BCUT2D eigenvalue weighted by atomic mass is 10.1. The summed E-state index contributed by atoms with van der Waals surface area (Å²) in [7, 11) is 2.03. The summed E-state index contributed by atoms with van der Waals surface area (Å²) >= 11 is 0. The molecule has 0 aliphatic rings. The maximum atomic E-state index is 5.42. The molecule has 0 radical (unpaired) electrons. The van der Waals surface area contributed by atoms with E-state index in [4.69, 9.17) is 9.72 Å². The van der Waals surface area contributed by atoms with Crippen molar-refractivity contribution in [2.45, 2.75) is 45.7 Å². The van der Waals surface area contributed by atoms with Crippen LogP contribution in [0.2, 0.25) is 0 Å². The van der Waals surface area contributed by atoms with Gasteiger partial charge in [-0.15, -0.1) is 0 Å². The van der Waals surface area contributed by atoms with Gasteiger partial charge in [0.15, 0.2) is 0 Å². The molecule has 0 saturated heterocycles. The van der Waals surface area contributed by atoms with Crippen molar-refractivity contribution in [1.29, 1.82) is 0 Å². The van der Waals surface area contributed by atoms with E-state index in [1.807, 2.05) is 14.0 Å². The molecule has 0 spiro atoms. The quantitative estimate of drug-likeness (QED) is 0.721. The molecule has 1 unspecified atom stereocenters. The van der Waals surface area contributed by atoms with E-state index in [9.17, 15) is 0 Å². The van der Waals surface area contributed by atoms with Crippen molar-refractivity contribution < 1.29 is 4.74 Å². The number of fused-ring (bicyclic) bond motifs is 1. The van der Waals surface area contributed by atoms with Crippen molar-refractivity contribution in [1.82, 2.24) is 14.9 Å². The normalized spacial score (nSPS) is 12.9. The van der Waals surface area contributed by atoms with Gasteiger partial charge in [0.05, 0.1) is 11.0 Å². The average Bonchev–Trinajstić information content (AvgIpc) is 2.87. The summed E-state index contributed by atoms with van der Waals surface area (Å²) in [5.74, 6) is 1.18. The maximum Gasteiger partial charge on any atom is 0.111 e. The predicted molar refractivity (Wildman–Crippen MR) is 87.7 cm³/mol. The van der Waals surface area contributed by atoms with Crippen LogP contribution in [-0.4, -0.2) is 35.9 Å². The summed E-state index contributed by atoms with van der Waals surface area (Å²) in [5, 5.41) is 3.41. The fourth-order valence-electron chi connectivity index (χ4n) is 2.78. The number of para-hydroxylation sites is 2. The van der Waals surface area contributed by atoms with E-state index in [1.54, 1.807) is 0 Å². The number of imidazole rings is 1. The van der Waals surface area contributed by atoms with Gasteiger partial charge in [-0.1, -0.05) is 12.1 Å².